The van der Waals surface area contributed by atoms with Crippen LogP contribution in [0.4, 0.5) is 10.5 Å². The van der Waals surface area contributed by atoms with Gasteiger partial charge < -0.3 is 20.9 Å². The molecule has 1 aliphatic heterocycles. The van der Waals surface area contributed by atoms with Gasteiger partial charge in [0.1, 0.15) is 6.04 Å². The van der Waals surface area contributed by atoms with Gasteiger partial charge in [0.05, 0.1) is 10.7 Å². The first kappa shape index (κ1) is 23.6. The second kappa shape index (κ2) is 11.0. The molecule has 1 heterocycles. The van der Waals surface area contributed by atoms with E-state index < -0.39 is 6.04 Å². The highest BCUT2D eigenvalue weighted by Crippen LogP contribution is 2.21. The van der Waals surface area contributed by atoms with Crippen molar-refractivity contribution in [2.45, 2.75) is 45.2 Å². The number of carbonyl (C=O) groups excluding carboxylic acids is 3. The van der Waals surface area contributed by atoms with E-state index in [1.165, 1.54) is 6.92 Å². The Kier molecular flexibility index (Phi) is 8.11. The van der Waals surface area contributed by atoms with Gasteiger partial charge in [-0.05, 0) is 37.5 Å². The van der Waals surface area contributed by atoms with Crippen LogP contribution in [0, 0.1) is 6.92 Å². The fraction of sp³-hybridized carbons (Fsp3) is 0.375. The third-order valence-corrected chi connectivity index (χ3v) is 5.83. The second-order valence-corrected chi connectivity index (χ2v) is 8.53. The van der Waals surface area contributed by atoms with Crippen molar-refractivity contribution in [2.24, 2.45) is 0 Å². The van der Waals surface area contributed by atoms with Crippen molar-refractivity contribution >= 4 is 35.1 Å². The molecule has 0 radical (unpaired) electrons. The normalized spacial score (nSPS) is 15.0. The van der Waals surface area contributed by atoms with E-state index in [1.807, 2.05) is 37.3 Å². The van der Waals surface area contributed by atoms with Crippen molar-refractivity contribution in [3.8, 4) is 0 Å². The number of likely N-dealkylation sites (tertiary alicyclic amines) is 1. The largest absolute Gasteiger partial charge is 0.351 e. The lowest BCUT2D eigenvalue weighted by Gasteiger charge is -2.33. The Bertz CT molecular complexity index is 956. The van der Waals surface area contributed by atoms with Crippen LogP contribution in [0.5, 0.6) is 0 Å². The number of para-hydroxylation sites is 1. The van der Waals surface area contributed by atoms with E-state index in [9.17, 15) is 14.4 Å². The van der Waals surface area contributed by atoms with Crippen molar-refractivity contribution < 1.29 is 14.4 Å². The van der Waals surface area contributed by atoms with Crippen molar-refractivity contribution in [1.82, 2.24) is 15.5 Å². The number of carbonyl (C=O) groups is 3. The van der Waals surface area contributed by atoms with Gasteiger partial charge in [0, 0.05) is 32.5 Å². The average molecular weight is 457 g/mol. The predicted molar refractivity (Wildman–Crippen MR) is 126 cm³/mol. The molecule has 170 valence electrons. The van der Waals surface area contributed by atoms with Gasteiger partial charge in [-0.3, -0.25) is 9.59 Å². The lowest BCUT2D eigenvalue weighted by molar-refractivity contribution is -0.128. The highest BCUT2D eigenvalue weighted by Gasteiger charge is 2.27. The molecule has 32 heavy (non-hydrogen) atoms. The zero-order valence-corrected chi connectivity index (χ0v) is 19.1. The summed E-state index contributed by atoms with van der Waals surface area (Å²) in [5.74, 6) is -0.455. The number of piperidine rings is 1. The SMILES string of the molecule is CC(=O)N[C@@H](Cc1ccc(C)cc1)C(=O)NC1CCN(C(=O)Nc2ccccc2Cl)CC1. The standard InChI is InChI=1S/C24H29ClN4O3/c1-16-7-9-18(10-8-16)15-22(26-17(2)30)23(31)27-19-11-13-29(14-12-19)24(32)28-21-6-4-3-5-20(21)25/h3-10,19,22H,11-15H2,1-2H3,(H,26,30)(H,27,31)(H,28,32)/t22-/m0/s1. The van der Waals surface area contributed by atoms with E-state index in [-0.39, 0.29) is 23.9 Å². The molecule has 1 fully saturated rings. The minimum atomic E-state index is -0.642. The molecule has 3 rings (SSSR count). The summed E-state index contributed by atoms with van der Waals surface area (Å²) in [6, 6.07) is 14.1. The monoisotopic (exact) mass is 456 g/mol. The first-order valence-corrected chi connectivity index (χ1v) is 11.1. The number of amides is 4. The zero-order chi connectivity index (χ0) is 23.1. The van der Waals surface area contributed by atoms with E-state index in [0.29, 0.717) is 43.1 Å². The number of hydrogen-bond donors (Lipinski definition) is 3. The Morgan fingerprint density at radius 2 is 1.72 bits per heavy atom. The molecule has 7 nitrogen and oxygen atoms in total. The molecule has 0 unspecified atom stereocenters. The Labute approximate surface area is 193 Å². The highest BCUT2D eigenvalue weighted by molar-refractivity contribution is 6.33. The first-order chi connectivity index (χ1) is 15.3. The third-order valence-electron chi connectivity index (χ3n) is 5.50. The summed E-state index contributed by atoms with van der Waals surface area (Å²) in [5, 5.41) is 9.11. The Balaban J connectivity index is 1.52. The minimum Gasteiger partial charge on any atom is -0.351 e. The number of halogens is 1. The van der Waals surface area contributed by atoms with E-state index in [4.69, 9.17) is 11.6 Å². The van der Waals surface area contributed by atoms with Crippen LogP contribution in [0.25, 0.3) is 0 Å². The number of anilines is 1. The van der Waals surface area contributed by atoms with Crippen molar-refractivity contribution in [2.75, 3.05) is 18.4 Å². The van der Waals surface area contributed by atoms with Crippen LogP contribution in [0.1, 0.15) is 30.9 Å². The molecule has 3 N–H and O–H groups in total. The van der Waals surface area contributed by atoms with Crippen LogP contribution < -0.4 is 16.0 Å². The fourth-order valence-electron chi connectivity index (χ4n) is 3.70. The highest BCUT2D eigenvalue weighted by atomic mass is 35.5. The van der Waals surface area contributed by atoms with Crippen LogP contribution >= 0.6 is 11.6 Å². The summed E-state index contributed by atoms with van der Waals surface area (Å²) in [6.45, 7) is 4.45. The van der Waals surface area contributed by atoms with E-state index in [1.54, 1.807) is 23.1 Å². The summed E-state index contributed by atoms with van der Waals surface area (Å²) in [6.07, 6.45) is 1.70. The Morgan fingerprint density at radius 1 is 1.06 bits per heavy atom. The van der Waals surface area contributed by atoms with Crippen molar-refractivity contribution in [3.05, 3.63) is 64.7 Å². The van der Waals surface area contributed by atoms with Gasteiger partial charge in [0.15, 0.2) is 0 Å². The molecule has 0 aliphatic carbocycles. The van der Waals surface area contributed by atoms with E-state index in [0.717, 1.165) is 11.1 Å². The lowest BCUT2D eigenvalue weighted by Crippen LogP contribution is -2.53. The van der Waals surface area contributed by atoms with Crippen LogP contribution in [-0.2, 0) is 16.0 Å². The molecule has 0 aromatic heterocycles. The van der Waals surface area contributed by atoms with E-state index >= 15 is 0 Å². The topological polar surface area (TPSA) is 90.5 Å². The maximum absolute atomic E-state index is 12.9. The van der Waals surface area contributed by atoms with Gasteiger partial charge in [-0.25, -0.2) is 4.79 Å². The Hall–Kier alpha value is -3.06. The van der Waals surface area contributed by atoms with Gasteiger partial charge in [0.2, 0.25) is 11.8 Å². The number of aryl methyl sites for hydroxylation is 1. The van der Waals surface area contributed by atoms with Crippen LogP contribution in [0.3, 0.4) is 0 Å². The summed E-state index contributed by atoms with van der Waals surface area (Å²) in [4.78, 5) is 38.8. The van der Waals surface area contributed by atoms with Crippen LogP contribution in [0.2, 0.25) is 5.02 Å². The second-order valence-electron chi connectivity index (χ2n) is 8.12. The molecule has 0 saturated carbocycles. The summed E-state index contributed by atoms with van der Waals surface area (Å²) >= 11 is 6.11. The number of benzene rings is 2. The molecule has 8 heteroatoms. The molecule has 1 saturated heterocycles. The first-order valence-electron chi connectivity index (χ1n) is 10.8. The molecule has 1 aliphatic rings. The quantitative estimate of drug-likeness (QED) is 0.621. The maximum Gasteiger partial charge on any atom is 0.321 e. The third kappa shape index (κ3) is 6.72. The molecule has 1 atom stereocenters. The van der Waals surface area contributed by atoms with Gasteiger partial charge in [-0.15, -0.1) is 0 Å². The molecule has 0 spiro atoms. The number of urea groups is 1. The summed E-state index contributed by atoms with van der Waals surface area (Å²) in [5.41, 5.74) is 2.69. The van der Waals surface area contributed by atoms with Crippen LogP contribution in [-0.4, -0.2) is 47.9 Å². The van der Waals surface area contributed by atoms with Gasteiger partial charge in [0.25, 0.3) is 0 Å². The number of nitrogens with one attached hydrogen (secondary N) is 3. The van der Waals surface area contributed by atoms with E-state index in [2.05, 4.69) is 16.0 Å². The predicted octanol–water partition coefficient (Wildman–Crippen LogP) is 3.51. The zero-order valence-electron chi connectivity index (χ0n) is 18.4. The fourth-order valence-corrected chi connectivity index (χ4v) is 3.88. The molecule has 0 bridgehead atoms. The van der Waals surface area contributed by atoms with Gasteiger partial charge in [-0.1, -0.05) is 53.6 Å². The summed E-state index contributed by atoms with van der Waals surface area (Å²) < 4.78 is 0. The number of nitrogens with zero attached hydrogens (tertiary/aromatic N) is 1. The maximum atomic E-state index is 12.9. The smallest absolute Gasteiger partial charge is 0.321 e. The molecular weight excluding hydrogens is 428 g/mol. The van der Waals surface area contributed by atoms with Gasteiger partial charge in [-0.2, -0.15) is 0 Å². The minimum absolute atomic E-state index is 0.0545. The molecule has 4 amide bonds. The summed E-state index contributed by atoms with van der Waals surface area (Å²) in [7, 11) is 0. The van der Waals surface area contributed by atoms with Gasteiger partial charge >= 0.3 is 6.03 Å². The molecular formula is C24H29ClN4O3. The molecule has 2 aromatic carbocycles. The van der Waals surface area contributed by atoms with Crippen molar-refractivity contribution in [3.63, 3.8) is 0 Å². The van der Waals surface area contributed by atoms with Crippen LogP contribution in [0.15, 0.2) is 48.5 Å². The number of rotatable bonds is 6. The number of hydrogen-bond acceptors (Lipinski definition) is 3. The Morgan fingerprint density at radius 3 is 2.34 bits per heavy atom. The van der Waals surface area contributed by atoms with Crippen molar-refractivity contribution in [1.29, 1.82) is 0 Å². The lowest BCUT2D eigenvalue weighted by atomic mass is 10.0. The average Bonchev–Trinajstić information content (AvgIpc) is 2.76. The molecule has 2 aromatic rings.